The average molecular weight is 397 g/mol. The van der Waals surface area contributed by atoms with Gasteiger partial charge in [-0.2, -0.15) is 0 Å². The summed E-state index contributed by atoms with van der Waals surface area (Å²) < 4.78 is 5.55. The van der Waals surface area contributed by atoms with Gasteiger partial charge in [0, 0.05) is 42.5 Å². The number of ether oxygens (including phenoxy) is 1. The molecule has 1 N–H and O–H groups in total. The molecule has 1 aliphatic carbocycles. The van der Waals surface area contributed by atoms with E-state index < -0.39 is 0 Å². The lowest BCUT2D eigenvalue weighted by Crippen LogP contribution is -2.41. The van der Waals surface area contributed by atoms with Gasteiger partial charge in [0.1, 0.15) is 5.78 Å². The second kappa shape index (κ2) is 8.85. The molecule has 0 spiro atoms. The topological polar surface area (TPSA) is 58.6 Å². The first-order valence-corrected chi connectivity index (χ1v) is 10.6. The second-order valence-electron chi connectivity index (χ2n) is 8.00. The Balaban J connectivity index is 2.07. The summed E-state index contributed by atoms with van der Waals surface area (Å²) in [5.41, 5.74) is 4.36. The van der Waals surface area contributed by atoms with E-state index in [1.807, 2.05) is 20.8 Å². The molecule has 1 heterocycles. The standard InChI is InChI=1S/C24H32N2O3/c1-6-26(7-2)18-13-11-17(12-14-18)22-21(24(28)29-15(3)4)16(5)25-19-9-8-10-20(27)23(19)22/h9,11-15,22-23,25H,6-8,10H2,1-5H3. The van der Waals surface area contributed by atoms with Crippen LogP contribution in [0, 0.1) is 5.92 Å². The highest BCUT2D eigenvalue weighted by Crippen LogP contribution is 2.44. The summed E-state index contributed by atoms with van der Waals surface area (Å²) in [7, 11) is 0. The van der Waals surface area contributed by atoms with E-state index >= 15 is 0 Å². The van der Waals surface area contributed by atoms with Gasteiger partial charge >= 0.3 is 5.97 Å². The Hall–Kier alpha value is -2.56. The van der Waals surface area contributed by atoms with Crippen molar-refractivity contribution >= 4 is 17.4 Å². The molecule has 2 atom stereocenters. The first-order valence-electron chi connectivity index (χ1n) is 10.6. The molecule has 1 aromatic rings. The van der Waals surface area contributed by atoms with Crippen LogP contribution in [0.25, 0.3) is 0 Å². The molecule has 5 heteroatoms. The highest BCUT2D eigenvalue weighted by atomic mass is 16.5. The molecule has 156 valence electrons. The second-order valence-corrected chi connectivity index (χ2v) is 8.00. The fourth-order valence-electron chi connectivity index (χ4n) is 4.40. The zero-order valence-corrected chi connectivity index (χ0v) is 18.1. The molecule has 2 unspecified atom stereocenters. The molecule has 0 saturated carbocycles. The molecule has 29 heavy (non-hydrogen) atoms. The number of hydrogen-bond donors (Lipinski definition) is 1. The van der Waals surface area contributed by atoms with E-state index in [2.05, 4.69) is 54.4 Å². The number of nitrogens with one attached hydrogen (secondary N) is 1. The molecular weight excluding hydrogens is 364 g/mol. The maximum atomic E-state index is 13.0. The van der Waals surface area contributed by atoms with Crippen molar-refractivity contribution in [2.45, 2.75) is 59.5 Å². The van der Waals surface area contributed by atoms with Gasteiger partial charge < -0.3 is 15.0 Å². The van der Waals surface area contributed by atoms with Gasteiger partial charge in [0.15, 0.2) is 0 Å². The van der Waals surface area contributed by atoms with Crippen LogP contribution < -0.4 is 10.2 Å². The Kier molecular flexibility index (Phi) is 6.46. The number of allylic oxidation sites excluding steroid dienone is 3. The maximum Gasteiger partial charge on any atom is 0.336 e. The monoisotopic (exact) mass is 396 g/mol. The number of anilines is 1. The van der Waals surface area contributed by atoms with Crippen LogP contribution in [0.5, 0.6) is 0 Å². The van der Waals surface area contributed by atoms with Crippen molar-refractivity contribution in [2.24, 2.45) is 5.92 Å². The van der Waals surface area contributed by atoms with Crippen LogP contribution in [0.4, 0.5) is 5.69 Å². The van der Waals surface area contributed by atoms with Gasteiger partial charge in [-0.1, -0.05) is 18.2 Å². The lowest BCUT2D eigenvalue weighted by molar-refractivity contribution is -0.143. The van der Waals surface area contributed by atoms with Gasteiger partial charge in [-0.15, -0.1) is 0 Å². The van der Waals surface area contributed by atoms with E-state index in [1.165, 1.54) is 0 Å². The number of esters is 1. The number of ketones is 1. The fourth-order valence-corrected chi connectivity index (χ4v) is 4.40. The van der Waals surface area contributed by atoms with E-state index in [-0.39, 0.29) is 29.7 Å². The minimum absolute atomic E-state index is 0.176. The van der Waals surface area contributed by atoms with Crippen LogP contribution in [0.1, 0.15) is 58.9 Å². The summed E-state index contributed by atoms with van der Waals surface area (Å²) in [5, 5.41) is 3.31. The SMILES string of the molecule is CCN(CC)c1ccc(C2C(C(=O)OC(C)C)=C(C)NC3=CCCC(=O)C32)cc1. The van der Waals surface area contributed by atoms with Gasteiger partial charge in [-0.25, -0.2) is 4.79 Å². The predicted octanol–water partition coefficient (Wildman–Crippen LogP) is 4.31. The van der Waals surface area contributed by atoms with Crippen molar-refractivity contribution in [3.8, 4) is 0 Å². The zero-order chi connectivity index (χ0) is 21.1. The zero-order valence-electron chi connectivity index (χ0n) is 18.1. The normalized spacial score (nSPS) is 21.4. The first-order chi connectivity index (χ1) is 13.9. The van der Waals surface area contributed by atoms with Gasteiger partial charge in [0.2, 0.25) is 0 Å². The first kappa shape index (κ1) is 21.2. The molecule has 1 aliphatic heterocycles. The number of benzene rings is 1. The number of carbonyl (C=O) groups excluding carboxylic acids is 2. The largest absolute Gasteiger partial charge is 0.460 e. The summed E-state index contributed by atoms with van der Waals surface area (Å²) >= 11 is 0. The van der Waals surface area contributed by atoms with Crippen molar-refractivity contribution in [1.29, 1.82) is 0 Å². The van der Waals surface area contributed by atoms with Crippen LogP contribution >= 0.6 is 0 Å². The molecular formula is C24H32N2O3. The average Bonchev–Trinajstić information content (AvgIpc) is 2.68. The molecule has 0 saturated heterocycles. The van der Waals surface area contributed by atoms with Gasteiger partial charge in [-0.3, -0.25) is 4.79 Å². The number of carbonyl (C=O) groups is 2. The molecule has 0 bridgehead atoms. The molecule has 0 radical (unpaired) electrons. The van der Waals surface area contributed by atoms with E-state index in [9.17, 15) is 9.59 Å². The van der Waals surface area contributed by atoms with Crippen LogP contribution in [0.15, 0.2) is 47.3 Å². The van der Waals surface area contributed by atoms with Crippen LogP contribution in [-0.4, -0.2) is 30.9 Å². The third-order valence-electron chi connectivity index (χ3n) is 5.76. The summed E-state index contributed by atoms with van der Waals surface area (Å²) in [6, 6.07) is 8.28. The minimum atomic E-state index is -0.360. The van der Waals surface area contributed by atoms with Crippen molar-refractivity contribution < 1.29 is 14.3 Å². The molecule has 3 rings (SSSR count). The van der Waals surface area contributed by atoms with Crippen molar-refractivity contribution in [3.63, 3.8) is 0 Å². The summed E-state index contributed by atoms with van der Waals surface area (Å²) in [6.45, 7) is 11.7. The van der Waals surface area contributed by atoms with Crippen molar-refractivity contribution in [1.82, 2.24) is 5.32 Å². The van der Waals surface area contributed by atoms with E-state index in [0.717, 1.165) is 42.2 Å². The van der Waals surface area contributed by atoms with Gasteiger partial charge in [0.05, 0.1) is 17.6 Å². The Bertz CT molecular complexity index is 832. The molecule has 0 fully saturated rings. The van der Waals surface area contributed by atoms with Crippen LogP contribution in [0.3, 0.4) is 0 Å². The molecule has 1 aromatic carbocycles. The van der Waals surface area contributed by atoms with Crippen LogP contribution in [-0.2, 0) is 14.3 Å². The number of fused-ring (bicyclic) bond motifs is 1. The van der Waals surface area contributed by atoms with E-state index in [0.29, 0.717) is 12.0 Å². The van der Waals surface area contributed by atoms with Crippen molar-refractivity contribution in [3.05, 3.63) is 52.9 Å². The number of hydrogen-bond acceptors (Lipinski definition) is 5. The highest BCUT2D eigenvalue weighted by Gasteiger charge is 2.43. The maximum absolute atomic E-state index is 13.0. The fraction of sp³-hybridized carbons (Fsp3) is 0.500. The molecule has 5 nitrogen and oxygen atoms in total. The van der Waals surface area contributed by atoms with E-state index in [4.69, 9.17) is 4.74 Å². The quantitative estimate of drug-likeness (QED) is 0.726. The molecule has 2 aliphatic rings. The third kappa shape index (κ3) is 4.24. The van der Waals surface area contributed by atoms with Gasteiger partial charge in [0.25, 0.3) is 0 Å². The number of nitrogens with zero attached hydrogens (tertiary/aromatic N) is 1. The summed E-state index contributed by atoms with van der Waals surface area (Å²) in [5.74, 6) is -0.857. The number of rotatable bonds is 6. The van der Waals surface area contributed by atoms with E-state index in [1.54, 1.807) is 0 Å². The lowest BCUT2D eigenvalue weighted by atomic mass is 9.71. The third-order valence-corrected chi connectivity index (χ3v) is 5.76. The highest BCUT2D eigenvalue weighted by molar-refractivity contribution is 5.96. The Morgan fingerprint density at radius 3 is 2.41 bits per heavy atom. The number of Topliss-reactive ketones (excluding diaryl/α,β-unsaturated/α-hetero) is 1. The summed E-state index contributed by atoms with van der Waals surface area (Å²) in [4.78, 5) is 28.2. The Labute approximate surface area is 173 Å². The minimum Gasteiger partial charge on any atom is -0.460 e. The Morgan fingerprint density at radius 1 is 1.17 bits per heavy atom. The van der Waals surface area contributed by atoms with Gasteiger partial charge in [-0.05, 0) is 58.7 Å². The smallest absolute Gasteiger partial charge is 0.336 e. The summed E-state index contributed by atoms with van der Waals surface area (Å²) in [6.07, 6.45) is 3.13. The molecule has 0 aromatic heterocycles. The van der Waals surface area contributed by atoms with Crippen LogP contribution in [0.2, 0.25) is 0 Å². The van der Waals surface area contributed by atoms with Crippen molar-refractivity contribution in [2.75, 3.05) is 18.0 Å². The lowest BCUT2D eigenvalue weighted by Gasteiger charge is -2.38. The molecule has 0 amide bonds. The Morgan fingerprint density at radius 2 is 1.83 bits per heavy atom. The predicted molar refractivity (Wildman–Crippen MR) is 116 cm³/mol.